The van der Waals surface area contributed by atoms with E-state index in [9.17, 15) is 13.6 Å². The number of rotatable bonds is 4. The number of nitrogens with zero attached hydrogens (tertiary/aromatic N) is 1. The number of benzene rings is 1. The van der Waals surface area contributed by atoms with Gasteiger partial charge in [0.2, 0.25) is 0 Å². The fraction of sp³-hybridized carbons (Fsp3) is 0.588. The number of carbonyl (C=O) groups excluding carboxylic acids is 1. The van der Waals surface area contributed by atoms with Crippen molar-refractivity contribution >= 4 is 5.91 Å². The maximum absolute atomic E-state index is 13.5. The molecule has 0 aromatic heterocycles. The summed E-state index contributed by atoms with van der Waals surface area (Å²) in [4.78, 5) is 14.1. The summed E-state index contributed by atoms with van der Waals surface area (Å²) in [5, 5.41) is 0. The van der Waals surface area contributed by atoms with E-state index in [4.69, 9.17) is 9.47 Å². The highest BCUT2D eigenvalue weighted by Gasteiger charge is 2.32. The SMILES string of the molecule is O=C(COc1ccc(F)cc1F)N1CCOCC(C2CCC2)C1. The van der Waals surface area contributed by atoms with Crippen molar-refractivity contribution in [3.63, 3.8) is 0 Å². The lowest BCUT2D eigenvalue weighted by atomic mass is 9.76. The van der Waals surface area contributed by atoms with Gasteiger partial charge < -0.3 is 14.4 Å². The molecule has 1 heterocycles. The van der Waals surface area contributed by atoms with E-state index in [1.54, 1.807) is 4.90 Å². The monoisotopic (exact) mass is 325 g/mol. The van der Waals surface area contributed by atoms with Gasteiger partial charge in [-0.2, -0.15) is 0 Å². The van der Waals surface area contributed by atoms with Gasteiger partial charge in [-0.15, -0.1) is 0 Å². The first-order valence-electron chi connectivity index (χ1n) is 8.07. The van der Waals surface area contributed by atoms with Crippen LogP contribution in [0.1, 0.15) is 19.3 Å². The Balaban J connectivity index is 1.55. The molecule has 1 unspecified atom stereocenters. The van der Waals surface area contributed by atoms with Gasteiger partial charge in [-0.1, -0.05) is 19.3 Å². The molecule has 1 aromatic rings. The van der Waals surface area contributed by atoms with Gasteiger partial charge in [-0.3, -0.25) is 4.79 Å². The number of hydrogen-bond acceptors (Lipinski definition) is 3. The molecule has 1 saturated carbocycles. The van der Waals surface area contributed by atoms with Crippen LogP contribution in [0.2, 0.25) is 0 Å². The summed E-state index contributed by atoms with van der Waals surface area (Å²) in [6.45, 7) is 2.15. The van der Waals surface area contributed by atoms with E-state index in [1.807, 2.05) is 0 Å². The van der Waals surface area contributed by atoms with Crippen molar-refractivity contribution < 1.29 is 23.0 Å². The normalized spacial score (nSPS) is 22.3. The molecule has 3 rings (SSSR count). The van der Waals surface area contributed by atoms with Gasteiger partial charge in [0.15, 0.2) is 18.2 Å². The Morgan fingerprint density at radius 3 is 2.83 bits per heavy atom. The van der Waals surface area contributed by atoms with Crippen LogP contribution in [0.5, 0.6) is 5.75 Å². The molecular formula is C17H21F2NO3. The standard InChI is InChI=1S/C17H21F2NO3/c18-14-4-5-16(15(19)8-14)23-11-17(21)20-6-7-22-10-13(9-20)12-2-1-3-12/h4-5,8,12-13H,1-3,6-7,9-11H2. The fourth-order valence-electron chi connectivity index (χ4n) is 3.08. The number of ether oxygens (including phenoxy) is 2. The molecular weight excluding hydrogens is 304 g/mol. The van der Waals surface area contributed by atoms with Gasteiger partial charge in [0.1, 0.15) is 5.82 Å². The number of halogens is 2. The summed E-state index contributed by atoms with van der Waals surface area (Å²) in [6.07, 6.45) is 3.66. The maximum atomic E-state index is 13.5. The topological polar surface area (TPSA) is 38.8 Å². The van der Waals surface area contributed by atoms with E-state index in [1.165, 1.54) is 25.3 Å². The lowest BCUT2D eigenvalue weighted by Crippen LogP contribution is -2.41. The first-order chi connectivity index (χ1) is 11.1. The van der Waals surface area contributed by atoms with Gasteiger partial charge in [0.25, 0.3) is 5.91 Å². The molecule has 1 atom stereocenters. The average Bonchev–Trinajstić information content (AvgIpc) is 2.70. The van der Waals surface area contributed by atoms with E-state index in [0.29, 0.717) is 38.1 Å². The molecule has 1 saturated heterocycles. The Bertz CT molecular complexity index is 563. The Kier molecular flexibility index (Phi) is 5.10. The molecule has 1 aliphatic carbocycles. The molecule has 1 aliphatic heterocycles. The van der Waals surface area contributed by atoms with Crippen LogP contribution in [0.4, 0.5) is 8.78 Å². The predicted octanol–water partition coefficient (Wildman–Crippen LogP) is 2.62. The third-order valence-electron chi connectivity index (χ3n) is 4.71. The lowest BCUT2D eigenvalue weighted by Gasteiger charge is -2.34. The number of hydrogen-bond donors (Lipinski definition) is 0. The molecule has 126 valence electrons. The molecule has 2 aliphatic rings. The zero-order chi connectivity index (χ0) is 16.2. The van der Waals surface area contributed by atoms with Gasteiger partial charge in [0, 0.05) is 25.1 Å². The summed E-state index contributed by atoms with van der Waals surface area (Å²) in [5.74, 6) is -0.764. The smallest absolute Gasteiger partial charge is 0.260 e. The minimum absolute atomic E-state index is 0.110. The van der Waals surface area contributed by atoms with Crippen molar-refractivity contribution in [3.8, 4) is 5.75 Å². The minimum Gasteiger partial charge on any atom is -0.481 e. The molecule has 0 spiro atoms. The molecule has 2 fully saturated rings. The quantitative estimate of drug-likeness (QED) is 0.854. The second-order valence-electron chi connectivity index (χ2n) is 6.23. The van der Waals surface area contributed by atoms with Crippen LogP contribution < -0.4 is 4.74 Å². The Hall–Kier alpha value is -1.69. The molecule has 0 N–H and O–H groups in total. The summed E-state index contributed by atoms with van der Waals surface area (Å²) in [7, 11) is 0. The van der Waals surface area contributed by atoms with Gasteiger partial charge in [-0.05, 0) is 18.1 Å². The fourth-order valence-corrected chi connectivity index (χ4v) is 3.08. The molecule has 0 radical (unpaired) electrons. The third kappa shape index (κ3) is 3.99. The van der Waals surface area contributed by atoms with E-state index < -0.39 is 11.6 Å². The molecule has 4 nitrogen and oxygen atoms in total. The first-order valence-corrected chi connectivity index (χ1v) is 8.07. The molecule has 0 bridgehead atoms. The van der Waals surface area contributed by atoms with Crippen molar-refractivity contribution in [1.29, 1.82) is 0 Å². The predicted molar refractivity (Wildman–Crippen MR) is 80.1 cm³/mol. The minimum atomic E-state index is -0.802. The Morgan fingerprint density at radius 2 is 2.13 bits per heavy atom. The zero-order valence-corrected chi connectivity index (χ0v) is 13.0. The molecule has 1 aromatic carbocycles. The lowest BCUT2D eigenvalue weighted by molar-refractivity contribution is -0.134. The molecule has 6 heteroatoms. The molecule has 1 amide bonds. The maximum Gasteiger partial charge on any atom is 0.260 e. The second-order valence-corrected chi connectivity index (χ2v) is 6.23. The van der Waals surface area contributed by atoms with Crippen LogP contribution in [-0.4, -0.2) is 43.7 Å². The van der Waals surface area contributed by atoms with Crippen molar-refractivity contribution in [1.82, 2.24) is 4.90 Å². The summed E-state index contributed by atoms with van der Waals surface area (Å²) in [5.41, 5.74) is 0. The average molecular weight is 325 g/mol. The van der Waals surface area contributed by atoms with Crippen molar-refractivity contribution in [2.24, 2.45) is 11.8 Å². The van der Waals surface area contributed by atoms with E-state index in [-0.39, 0.29) is 18.3 Å². The highest BCUT2D eigenvalue weighted by molar-refractivity contribution is 5.77. The second kappa shape index (κ2) is 7.25. The number of carbonyl (C=O) groups is 1. The Labute approximate surface area is 134 Å². The first kappa shape index (κ1) is 16.2. The third-order valence-corrected chi connectivity index (χ3v) is 4.71. The van der Waals surface area contributed by atoms with E-state index in [2.05, 4.69) is 0 Å². The van der Waals surface area contributed by atoms with Crippen molar-refractivity contribution in [2.75, 3.05) is 32.9 Å². The Morgan fingerprint density at radius 1 is 1.30 bits per heavy atom. The van der Waals surface area contributed by atoms with Crippen LogP contribution in [0.3, 0.4) is 0 Å². The highest BCUT2D eigenvalue weighted by Crippen LogP contribution is 2.34. The van der Waals surface area contributed by atoms with Crippen molar-refractivity contribution in [2.45, 2.75) is 19.3 Å². The summed E-state index contributed by atoms with van der Waals surface area (Å²) in [6, 6.07) is 3.04. The highest BCUT2D eigenvalue weighted by atomic mass is 19.1. The van der Waals surface area contributed by atoms with Gasteiger partial charge in [-0.25, -0.2) is 8.78 Å². The van der Waals surface area contributed by atoms with E-state index >= 15 is 0 Å². The van der Waals surface area contributed by atoms with Gasteiger partial charge >= 0.3 is 0 Å². The summed E-state index contributed by atoms with van der Waals surface area (Å²) < 4.78 is 37.2. The van der Waals surface area contributed by atoms with Crippen molar-refractivity contribution in [3.05, 3.63) is 29.8 Å². The van der Waals surface area contributed by atoms with Crippen LogP contribution in [-0.2, 0) is 9.53 Å². The van der Waals surface area contributed by atoms with Crippen LogP contribution in [0, 0.1) is 23.5 Å². The molecule has 23 heavy (non-hydrogen) atoms. The van der Waals surface area contributed by atoms with Gasteiger partial charge in [0.05, 0.1) is 13.2 Å². The van der Waals surface area contributed by atoms with Crippen LogP contribution >= 0.6 is 0 Å². The largest absolute Gasteiger partial charge is 0.481 e. The summed E-state index contributed by atoms with van der Waals surface area (Å²) >= 11 is 0. The zero-order valence-electron chi connectivity index (χ0n) is 13.0. The van der Waals surface area contributed by atoms with Crippen LogP contribution in [0.15, 0.2) is 18.2 Å². The van der Waals surface area contributed by atoms with E-state index in [0.717, 1.165) is 12.1 Å². The number of amides is 1. The van der Waals surface area contributed by atoms with Crippen LogP contribution in [0.25, 0.3) is 0 Å².